The molecule has 0 saturated carbocycles. The van der Waals surface area contributed by atoms with E-state index in [1.54, 1.807) is 6.33 Å². The molecule has 0 unspecified atom stereocenters. The zero-order chi connectivity index (χ0) is 24.5. The van der Waals surface area contributed by atoms with Gasteiger partial charge in [0.1, 0.15) is 11.9 Å². The summed E-state index contributed by atoms with van der Waals surface area (Å²) in [5.41, 5.74) is 6.36. The second-order valence-corrected chi connectivity index (χ2v) is 12.3. The summed E-state index contributed by atoms with van der Waals surface area (Å²) < 4.78 is 7.78. The minimum atomic E-state index is 0.00629. The number of hydrogen-bond donors (Lipinski definition) is 0. The molecule has 176 valence electrons. The van der Waals surface area contributed by atoms with Crippen molar-refractivity contribution >= 4 is 54.3 Å². The molecule has 0 spiro atoms. The third-order valence-electron chi connectivity index (χ3n) is 6.95. The van der Waals surface area contributed by atoms with Crippen molar-refractivity contribution in [3.63, 3.8) is 0 Å². The highest BCUT2D eigenvalue weighted by molar-refractivity contribution is 7.19. The highest BCUT2D eigenvalue weighted by Gasteiger charge is 2.23. The van der Waals surface area contributed by atoms with Crippen molar-refractivity contribution in [2.24, 2.45) is 5.92 Å². The lowest BCUT2D eigenvalue weighted by Crippen LogP contribution is -2.12. The monoisotopic (exact) mass is 478 g/mol. The third-order valence-corrected chi connectivity index (χ3v) is 8.06. The zero-order valence-corrected chi connectivity index (χ0v) is 22.0. The first-order valence-corrected chi connectivity index (χ1v) is 13.2. The number of aromatic nitrogens is 2. The maximum atomic E-state index is 6.50. The van der Waals surface area contributed by atoms with E-state index < -0.39 is 0 Å². The summed E-state index contributed by atoms with van der Waals surface area (Å²) in [6, 6.07) is 17.6. The number of fused-ring (bicyclic) bond motifs is 6. The Balaban J connectivity index is 1.69. The van der Waals surface area contributed by atoms with Gasteiger partial charge in [0.2, 0.25) is 5.71 Å². The van der Waals surface area contributed by atoms with Gasteiger partial charge in [-0.2, -0.15) is 0 Å². The van der Waals surface area contributed by atoms with Crippen LogP contribution in [0.3, 0.4) is 0 Å². The quantitative estimate of drug-likeness (QED) is 0.254. The molecule has 0 aliphatic rings. The van der Waals surface area contributed by atoms with Gasteiger partial charge < -0.3 is 4.42 Å². The molecule has 3 heterocycles. The number of hydrogen-bond acceptors (Lipinski definition) is 4. The Hall–Kier alpha value is -3.24. The lowest BCUT2D eigenvalue weighted by Gasteiger charge is -2.22. The number of rotatable bonds is 3. The van der Waals surface area contributed by atoms with Crippen molar-refractivity contribution < 1.29 is 4.42 Å². The summed E-state index contributed by atoms with van der Waals surface area (Å²) in [6.07, 6.45) is 2.68. The molecule has 0 radical (unpaired) electrons. The highest BCUT2D eigenvalue weighted by Crippen LogP contribution is 2.43. The SMILES string of the molecule is Cc1sc2ccc3c(oc4ncnc(-c5cc(C(C)(C)C)c6ccccc6c5)c43)c2c1CC(C)C. The van der Waals surface area contributed by atoms with Crippen molar-refractivity contribution in [3.05, 3.63) is 70.9 Å². The molecule has 3 nitrogen and oxygen atoms in total. The van der Waals surface area contributed by atoms with Crippen LogP contribution in [0.4, 0.5) is 0 Å². The van der Waals surface area contributed by atoms with Gasteiger partial charge in [-0.3, -0.25) is 0 Å². The van der Waals surface area contributed by atoms with Crippen LogP contribution < -0.4 is 0 Å². The van der Waals surface area contributed by atoms with Crippen molar-refractivity contribution in [2.45, 2.75) is 53.4 Å². The largest absolute Gasteiger partial charge is 0.437 e. The van der Waals surface area contributed by atoms with E-state index in [1.165, 1.54) is 36.9 Å². The first-order chi connectivity index (χ1) is 16.7. The van der Waals surface area contributed by atoms with Gasteiger partial charge >= 0.3 is 0 Å². The van der Waals surface area contributed by atoms with Crippen LogP contribution >= 0.6 is 11.3 Å². The van der Waals surface area contributed by atoms with Crippen molar-refractivity contribution in [2.75, 3.05) is 0 Å². The van der Waals surface area contributed by atoms with Gasteiger partial charge in [-0.1, -0.05) is 58.9 Å². The predicted octanol–water partition coefficient (Wildman–Crippen LogP) is 9.22. The second kappa shape index (κ2) is 7.89. The number of thiophene rings is 1. The van der Waals surface area contributed by atoms with E-state index in [0.717, 1.165) is 34.0 Å². The Morgan fingerprint density at radius 1 is 0.943 bits per heavy atom. The van der Waals surface area contributed by atoms with Gasteiger partial charge in [0, 0.05) is 25.9 Å². The van der Waals surface area contributed by atoms with Gasteiger partial charge in [0.25, 0.3) is 0 Å². The maximum absolute atomic E-state index is 6.50. The Bertz CT molecular complexity index is 1750. The molecule has 0 aliphatic carbocycles. The van der Waals surface area contributed by atoms with Gasteiger partial charge in [0.05, 0.1) is 11.1 Å². The Morgan fingerprint density at radius 3 is 2.51 bits per heavy atom. The average molecular weight is 479 g/mol. The molecule has 0 fully saturated rings. The Kier molecular flexibility index (Phi) is 5.01. The predicted molar refractivity (Wildman–Crippen MR) is 150 cm³/mol. The number of nitrogens with zero attached hydrogens (tertiary/aromatic N) is 2. The fraction of sp³-hybridized carbons (Fsp3) is 0.290. The molecule has 3 aromatic heterocycles. The van der Waals surface area contributed by atoms with Crippen LogP contribution in [0, 0.1) is 12.8 Å². The molecule has 0 atom stereocenters. The van der Waals surface area contributed by atoms with Crippen LogP contribution in [0.25, 0.3) is 54.2 Å². The topological polar surface area (TPSA) is 38.9 Å². The van der Waals surface area contributed by atoms with Gasteiger partial charge in [-0.15, -0.1) is 11.3 Å². The van der Waals surface area contributed by atoms with Crippen LogP contribution in [0.1, 0.15) is 50.6 Å². The van der Waals surface area contributed by atoms with E-state index >= 15 is 0 Å². The van der Waals surface area contributed by atoms with E-state index in [2.05, 4.69) is 95.1 Å². The molecule has 4 heteroatoms. The Labute approximate surface area is 209 Å². The molecule has 0 saturated heterocycles. The number of benzene rings is 3. The van der Waals surface area contributed by atoms with E-state index in [0.29, 0.717) is 11.6 Å². The third kappa shape index (κ3) is 3.54. The summed E-state index contributed by atoms with van der Waals surface area (Å²) in [6.45, 7) is 13.6. The first kappa shape index (κ1) is 22.2. The van der Waals surface area contributed by atoms with E-state index in [-0.39, 0.29) is 5.41 Å². The standard InChI is InChI=1S/C31H30N2OS/c1-17(2)13-23-18(3)35-25-12-11-22-27-28(32-16-33-30(27)34-29(22)26(23)25)20-14-19-9-7-8-10-21(19)24(15-20)31(4,5)6/h7-12,14-17H,13H2,1-6H3. The second-order valence-electron chi connectivity index (χ2n) is 11.0. The summed E-state index contributed by atoms with van der Waals surface area (Å²) in [7, 11) is 0. The van der Waals surface area contributed by atoms with Gasteiger partial charge in [0.15, 0.2) is 0 Å². The van der Waals surface area contributed by atoms with E-state index in [9.17, 15) is 0 Å². The summed E-state index contributed by atoms with van der Waals surface area (Å²) in [5.74, 6) is 0.579. The fourth-order valence-corrected chi connectivity index (χ4v) is 6.46. The minimum Gasteiger partial charge on any atom is -0.437 e. The van der Waals surface area contributed by atoms with Gasteiger partial charge in [-0.25, -0.2) is 9.97 Å². The maximum Gasteiger partial charge on any atom is 0.231 e. The van der Waals surface area contributed by atoms with Crippen LogP contribution in [0.15, 0.2) is 59.3 Å². The van der Waals surface area contributed by atoms with Gasteiger partial charge in [-0.05, 0) is 70.8 Å². The van der Waals surface area contributed by atoms with Crippen LogP contribution in [-0.2, 0) is 11.8 Å². The molecular formula is C31H30N2OS. The van der Waals surface area contributed by atoms with Crippen molar-refractivity contribution in [1.29, 1.82) is 0 Å². The molecule has 0 bridgehead atoms. The smallest absolute Gasteiger partial charge is 0.231 e. The van der Waals surface area contributed by atoms with Crippen molar-refractivity contribution in [1.82, 2.24) is 9.97 Å². The molecule has 35 heavy (non-hydrogen) atoms. The van der Waals surface area contributed by atoms with Crippen LogP contribution in [0.2, 0.25) is 0 Å². The van der Waals surface area contributed by atoms with E-state index in [4.69, 9.17) is 9.40 Å². The molecule has 0 N–H and O–H groups in total. The first-order valence-electron chi connectivity index (χ1n) is 12.3. The average Bonchev–Trinajstić information content (AvgIpc) is 3.34. The summed E-state index contributed by atoms with van der Waals surface area (Å²) >= 11 is 1.86. The normalized spacial score (nSPS) is 12.7. The number of furan rings is 1. The van der Waals surface area contributed by atoms with Crippen LogP contribution in [-0.4, -0.2) is 9.97 Å². The van der Waals surface area contributed by atoms with Crippen molar-refractivity contribution in [3.8, 4) is 11.3 Å². The lowest BCUT2D eigenvalue weighted by atomic mass is 9.82. The zero-order valence-electron chi connectivity index (χ0n) is 21.2. The molecule has 6 rings (SSSR count). The highest BCUT2D eigenvalue weighted by atomic mass is 32.1. The molecular weight excluding hydrogens is 448 g/mol. The van der Waals surface area contributed by atoms with E-state index in [1.807, 2.05) is 11.3 Å². The number of aryl methyl sites for hydroxylation is 1. The van der Waals surface area contributed by atoms with Crippen LogP contribution in [0.5, 0.6) is 0 Å². The lowest BCUT2D eigenvalue weighted by molar-refractivity contribution is 0.596. The summed E-state index contributed by atoms with van der Waals surface area (Å²) in [5, 5.41) is 5.86. The fourth-order valence-electron chi connectivity index (χ4n) is 5.37. The Morgan fingerprint density at radius 2 is 1.74 bits per heavy atom. The molecule has 3 aromatic carbocycles. The minimum absolute atomic E-state index is 0.00629. The molecule has 0 amide bonds. The molecule has 0 aliphatic heterocycles. The summed E-state index contributed by atoms with van der Waals surface area (Å²) in [4.78, 5) is 10.8. The molecule has 6 aromatic rings.